The topological polar surface area (TPSA) is 55.6 Å². The molecule has 0 saturated carbocycles. The van der Waals surface area contributed by atoms with Gasteiger partial charge in [0.05, 0.1) is 0 Å². The van der Waals surface area contributed by atoms with Crippen molar-refractivity contribution in [1.82, 2.24) is 4.90 Å². The van der Waals surface area contributed by atoms with Crippen molar-refractivity contribution < 1.29 is 9.53 Å². The van der Waals surface area contributed by atoms with Gasteiger partial charge >= 0.3 is 0 Å². The second-order valence-electron chi connectivity index (χ2n) is 5.86. The van der Waals surface area contributed by atoms with Crippen LogP contribution in [-0.4, -0.2) is 36.5 Å². The molecular weight excluding hydrogens is 300 g/mol. The molecule has 1 aromatic carbocycles. The Kier molecular flexibility index (Phi) is 7.69. The van der Waals surface area contributed by atoms with Crippen LogP contribution in [0.5, 0.6) is 5.75 Å². The van der Waals surface area contributed by atoms with Crippen LogP contribution in [0, 0.1) is 5.92 Å². The minimum Gasteiger partial charge on any atom is -0.484 e. The first-order valence-corrected chi connectivity index (χ1v) is 7.85. The SMILES string of the molecule is CCc1ccc(OCC(=O)N2CCC(C(C)N)CC2)cc1.Cl. The predicted molar refractivity (Wildman–Crippen MR) is 91.5 cm³/mol. The Bertz CT molecular complexity index is 454. The van der Waals surface area contributed by atoms with Gasteiger partial charge in [-0.15, -0.1) is 12.4 Å². The number of ether oxygens (including phenoxy) is 1. The molecule has 22 heavy (non-hydrogen) atoms. The maximum atomic E-state index is 12.1. The molecule has 4 nitrogen and oxygen atoms in total. The smallest absolute Gasteiger partial charge is 0.260 e. The monoisotopic (exact) mass is 326 g/mol. The number of hydrogen-bond acceptors (Lipinski definition) is 3. The van der Waals surface area contributed by atoms with Crippen LogP contribution in [0.1, 0.15) is 32.3 Å². The lowest BCUT2D eigenvalue weighted by Gasteiger charge is -2.33. The van der Waals surface area contributed by atoms with Gasteiger partial charge in [-0.1, -0.05) is 19.1 Å². The molecule has 2 N–H and O–H groups in total. The largest absolute Gasteiger partial charge is 0.484 e. The Balaban J connectivity index is 0.00000242. The summed E-state index contributed by atoms with van der Waals surface area (Å²) in [6.07, 6.45) is 3.00. The third-order valence-corrected chi connectivity index (χ3v) is 4.33. The minimum atomic E-state index is 0. The second kappa shape index (κ2) is 9.01. The van der Waals surface area contributed by atoms with Gasteiger partial charge < -0.3 is 15.4 Å². The van der Waals surface area contributed by atoms with E-state index < -0.39 is 0 Å². The maximum absolute atomic E-state index is 12.1. The van der Waals surface area contributed by atoms with Crippen molar-refractivity contribution in [3.05, 3.63) is 29.8 Å². The zero-order chi connectivity index (χ0) is 15.2. The summed E-state index contributed by atoms with van der Waals surface area (Å²) in [6.45, 7) is 5.87. The van der Waals surface area contributed by atoms with E-state index in [0.717, 1.165) is 38.1 Å². The van der Waals surface area contributed by atoms with Crippen LogP contribution in [0.15, 0.2) is 24.3 Å². The molecule has 0 aromatic heterocycles. The third kappa shape index (κ3) is 5.18. The Hall–Kier alpha value is -1.26. The van der Waals surface area contributed by atoms with E-state index in [2.05, 4.69) is 6.92 Å². The van der Waals surface area contributed by atoms with Gasteiger partial charge in [0.2, 0.25) is 0 Å². The summed E-state index contributed by atoms with van der Waals surface area (Å²) in [5, 5.41) is 0. The number of amides is 1. The fraction of sp³-hybridized carbons (Fsp3) is 0.588. The molecule has 1 heterocycles. The molecular formula is C17H27ClN2O2. The first kappa shape index (κ1) is 18.8. The zero-order valence-electron chi connectivity index (χ0n) is 13.5. The number of hydrogen-bond donors (Lipinski definition) is 1. The van der Waals surface area contributed by atoms with Crippen LogP contribution in [0.4, 0.5) is 0 Å². The lowest BCUT2D eigenvalue weighted by Crippen LogP contribution is -2.44. The summed E-state index contributed by atoms with van der Waals surface area (Å²) in [4.78, 5) is 14.0. The normalized spacial score (nSPS) is 16.8. The molecule has 5 heteroatoms. The van der Waals surface area contributed by atoms with E-state index in [4.69, 9.17) is 10.5 Å². The average Bonchev–Trinajstić information content (AvgIpc) is 2.53. The standard InChI is InChI=1S/C17H26N2O2.ClH/c1-3-14-4-6-16(7-5-14)21-12-17(20)19-10-8-15(9-11-19)13(2)18;/h4-7,13,15H,3,8-12,18H2,1-2H3;1H. The number of carbonyl (C=O) groups excluding carboxylic acids is 1. The number of halogens is 1. The Labute approximate surface area is 139 Å². The fourth-order valence-corrected chi connectivity index (χ4v) is 2.73. The first-order chi connectivity index (χ1) is 10.1. The molecule has 0 bridgehead atoms. The number of likely N-dealkylation sites (tertiary alicyclic amines) is 1. The van der Waals surface area contributed by atoms with Gasteiger partial charge in [-0.3, -0.25) is 4.79 Å². The molecule has 124 valence electrons. The van der Waals surface area contributed by atoms with E-state index in [1.54, 1.807) is 0 Å². The van der Waals surface area contributed by atoms with E-state index >= 15 is 0 Å². The molecule has 1 aliphatic heterocycles. The van der Waals surface area contributed by atoms with Gasteiger partial charge in [-0.25, -0.2) is 0 Å². The summed E-state index contributed by atoms with van der Waals surface area (Å²) in [5.74, 6) is 1.36. The molecule has 0 spiro atoms. The highest BCUT2D eigenvalue weighted by Gasteiger charge is 2.24. The van der Waals surface area contributed by atoms with Crippen LogP contribution >= 0.6 is 12.4 Å². The second-order valence-corrected chi connectivity index (χ2v) is 5.86. The number of aryl methyl sites for hydroxylation is 1. The molecule has 1 fully saturated rings. The van der Waals surface area contributed by atoms with Gasteiger partial charge in [-0.2, -0.15) is 0 Å². The lowest BCUT2D eigenvalue weighted by atomic mass is 9.91. The van der Waals surface area contributed by atoms with Gasteiger partial charge in [0.25, 0.3) is 5.91 Å². The van der Waals surface area contributed by atoms with Crippen LogP contribution in [0.2, 0.25) is 0 Å². The number of rotatable bonds is 5. The van der Waals surface area contributed by atoms with Gasteiger partial charge in [-0.05, 0) is 49.8 Å². The van der Waals surface area contributed by atoms with Crippen LogP contribution < -0.4 is 10.5 Å². The molecule has 1 aromatic rings. The van der Waals surface area contributed by atoms with Gasteiger partial charge in [0.15, 0.2) is 6.61 Å². The maximum Gasteiger partial charge on any atom is 0.260 e. The lowest BCUT2D eigenvalue weighted by molar-refractivity contribution is -0.134. The number of benzene rings is 1. The fourth-order valence-electron chi connectivity index (χ4n) is 2.73. The van der Waals surface area contributed by atoms with Crippen molar-refractivity contribution in [2.45, 2.75) is 39.2 Å². The molecule has 1 amide bonds. The summed E-state index contributed by atoms with van der Waals surface area (Å²) in [5.41, 5.74) is 7.19. The molecule has 1 saturated heterocycles. The molecule has 0 aliphatic carbocycles. The van der Waals surface area contributed by atoms with Crippen molar-refractivity contribution in [3.8, 4) is 5.75 Å². The number of nitrogens with zero attached hydrogens (tertiary/aromatic N) is 1. The minimum absolute atomic E-state index is 0. The Morgan fingerprint density at radius 3 is 2.41 bits per heavy atom. The van der Waals surface area contributed by atoms with E-state index in [1.165, 1.54) is 5.56 Å². The molecule has 1 aliphatic rings. The summed E-state index contributed by atoms with van der Waals surface area (Å²) >= 11 is 0. The van der Waals surface area contributed by atoms with Gasteiger partial charge in [0, 0.05) is 19.1 Å². The molecule has 2 rings (SSSR count). The van der Waals surface area contributed by atoms with Crippen molar-refractivity contribution in [2.24, 2.45) is 11.7 Å². The molecule has 1 unspecified atom stereocenters. The summed E-state index contributed by atoms with van der Waals surface area (Å²) < 4.78 is 5.58. The predicted octanol–water partition coefficient (Wildman–Crippen LogP) is 2.64. The highest BCUT2D eigenvalue weighted by molar-refractivity contribution is 5.85. The third-order valence-electron chi connectivity index (χ3n) is 4.33. The Morgan fingerprint density at radius 2 is 1.91 bits per heavy atom. The number of nitrogens with two attached hydrogens (primary N) is 1. The van der Waals surface area contributed by atoms with Crippen LogP contribution in [0.25, 0.3) is 0 Å². The first-order valence-electron chi connectivity index (χ1n) is 7.85. The van der Waals surface area contributed by atoms with Crippen molar-refractivity contribution >= 4 is 18.3 Å². The number of carbonyl (C=O) groups is 1. The van der Waals surface area contributed by atoms with Crippen molar-refractivity contribution in [1.29, 1.82) is 0 Å². The Morgan fingerprint density at radius 1 is 1.32 bits per heavy atom. The molecule has 0 radical (unpaired) electrons. The summed E-state index contributed by atoms with van der Waals surface area (Å²) in [6, 6.07) is 8.14. The average molecular weight is 327 g/mol. The highest BCUT2D eigenvalue weighted by Crippen LogP contribution is 2.20. The quantitative estimate of drug-likeness (QED) is 0.905. The van der Waals surface area contributed by atoms with Crippen LogP contribution in [-0.2, 0) is 11.2 Å². The van der Waals surface area contributed by atoms with Crippen molar-refractivity contribution in [3.63, 3.8) is 0 Å². The van der Waals surface area contributed by atoms with E-state index in [0.29, 0.717) is 5.92 Å². The van der Waals surface area contributed by atoms with Crippen LogP contribution in [0.3, 0.4) is 0 Å². The highest BCUT2D eigenvalue weighted by atomic mass is 35.5. The number of piperidine rings is 1. The summed E-state index contributed by atoms with van der Waals surface area (Å²) in [7, 11) is 0. The van der Waals surface area contributed by atoms with Gasteiger partial charge in [0.1, 0.15) is 5.75 Å². The molecule has 1 atom stereocenters. The van der Waals surface area contributed by atoms with E-state index in [1.807, 2.05) is 36.1 Å². The van der Waals surface area contributed by atoms with Crippen molar-refractivity contribution in [2.75, 3.05) is 19.7 Å². The zero-order valence-corrected chi connectivity index (χ0v) is 14.3. The van der Waals surface area contributed by atoms with E-state index in [9.17, 15) is 4.79 Å². The van der Waals surface area contributed by atoms with E-state index in [-0.39, 0.29) is 31.0 Å².